The third-order valence-corrected chi connectivity index (χ3v) is 4.31. The van der Waals surface area contributed by atoms with Crippen LogP contribution < -0.4 is 4.74 Å². The van der Waals surface area contributed by atoms with Gasteiger partial charge in [-0.2, -0.15) is 4.99 Å². The third-order valence-electron chi connectivity index (χ3n) is 4.31. The molecule has 1 fully saturated rings. The van der Waals surface area contributed by atoms with Gasteiger partial charge in [-0.05, 0) is 42.9 Å². The Balaban J connectivity index is 2.38. The summed E-state index contributed by atoms with van der Waals surface area (Å²) in [6.07, 6.45) is 8.76. The molecular weight excluding hydrogens is 250 g/mol. The van der Waals surface area contributed by atoms with Crippen molar-refractivity contribution in [1.29, 1.82) is 0 Å². The first kappa shape index (κ1) is 14.8. The van der Waals surface area contributed by atoms with E-state index in [-0.39, 0.29) is 6.04 Å². The molecule has 3 nitrogen and oxygen atoms in total. The van der Waals surface area contributed by atoms with Crippen molar-refractivity contribution < 1.29 is 9.53 Å². The van der Waals surface area contributed by atoms with Gasteiger partial charge in [-0.25, -0.2) is 4.79 Å². The van der Waals surface area contributed by atoms with Crippen LogP contribution in [0.25, 0.3) is 0 Å². The fourth-order valence-corrected chi connectivity index (χ4v) is 3.17. The predicted octanol–water partition coefficient (Wildman–Crippen LogP) is 4.21. The minimum Gasteiger partial charge on any atom is -0.496 e. The van der Waals surface area contributed by atoms with Gasteiger partial charge in [-0.1, -0.05) is 32.3 Å². The molecule has 3 heteroatoms. The quantitative estimate of drug-likeness (QED) is 0.595. The molecule has 0 aromatic heterocycles. The topological polar surface area (TPSA) is 38.7 Å². The number of hydrogen-bond donors (Lipinski definition) is 0. The zero-order valence-corrected chi connectivity index (χ0v) is 12.4. The van der Waals surface area contributed by atoms with E-state index in [1.165, 1.54) is 24.8 Å². The molecule has 0 saturated heterocycles. The van der Waals surface area contributed by atoms with Crippen molar-refractivity contribution in [2.45, 2.75) is 51.5 Å². The van der Waals surface area contributed by atoms with Crippen LogP contribution in [0.15, 0.2) is 23.2 Å². The summed E-state index contributed by atoms with van der Waals surface area (Å²) >= 11 is 0. The van der Waals surface area contributed by atoms with E-state index >= 15 is 0 Å². The van der Waals surface area contributed by atoms with Gasteiger partial charge in [0.05, 0.1) is 13.2 Å². The van der Waals surface area contributed by atoms with E-state index in [0.717, 1.165) is 30.6 Å². The molecule has 1 aliphatic carbocycles. The monoisotopic (exact) mass is 273 g/mol. The molecule has 0 aliphatic heterocycles. The van der Waals surface area contributed by atoms with E-state index in [2.05, 4.69) is 24.0 Å². The molecule has 0 heterocycles. The van der Waals surface area contributed by atoms with E-state index in [0.29, 0.717) is 5.92 Å². The van der Waals surface area contributed by atoms with Crippen molar-refractivity contribution in [2.24, 2.45) is 10.9 Å². The number of carbonyl (C=O) groups excluding carboxylic acids is 1. The van der Waals surface area contributed by atoms with Gasteiger partial charge in [0.1, 0.15) is 5.75 Å². The Morgan fingerprint density at radius 1 is 1.35 bits per heavy atom. The lowest BCUT2D eigenvalue weighted by molar-refractivity contribution is 0.301. The maximum absolute atomic E-state index is 10.9. The van der Waals surface area contributed by atoms with Crippen LogP contribution in [-0.4, -0.2) is 13.2 Å². The number of methoxy groups -OCH3 is 1. The van der Waals surface area contributed by atoms with E-state index in [1.807, 2.05) is 6.07 Å². The van der Waals surface area contributed by atoms with E-state index in [4.69, 9.17) is 4.74 Å². The van der Waals surface area contributed by atoms with Crippen LogP contribution in [0.2, 0.25) is 0 Å². The fourth-order valence-electron chi connectivity index (χ4n) is 3.17. The Kier molecular flexibility index (Phi) is 5.37. The zero-order chi connectivity index (χ0) is 14.4. The van der Waals surface area contributed by atoms with Crippen molar-refractivity contribution in [1.82, 2.24) is 0 Å². The first-order chi connectivity index (χ1) is 9.80. The van der Waals surface area contributed by atoms with Crippen molar-refractivity contribution in [3.63, 3.8) is 0 Å². The first-order valence-electron chi connectivity index (χ1n) is 7.54. The lowest BCUT2D eigenvalue weighted by atomic mass is 9.81. The van der Waals surface area contributed by atoms with Crippen LogP contribution in [0, 0.1) is 5.92 Å². The largest absolute Gasteiger partial charge is 0.496 e. The summed E-state index contributed by atoms with van der Waals surface area (Å²) in [4.78, 5) is 15.0. The number of aliphatic imine (C=N–C) groups is 1. The highest BCUT2D eigenvalue weighted by atomic mass is 16.5. The molecule has 108 valence electrons. The lowest BCUT2D eigenvalue weighted by Gasteiger charge is -2.28. The molecule has 1 aliphatic rings. The number of hydrogen-bond acceptors (Lipinski definition) is 3. The SMILES string of the molecule is CCc1ccc(OC)c(C(N=C=O)C2CCCCC2)c1. The van der Waals surface area contributed by atoms with Crippen molar-refractivity contribution >= 4 is 6.08 Å². The average molecular weight is 273 g/mol. The number of ether oxygens (including phenoxy) is 1. The minimum absolute atomic E-state index is 0.103. The average Bonchev–Trinajstić information content (AvgIpc) is 2.53. The molecule has 1 aromatic carbocycles. The minimum atomic E-state index is -0.103. The number of aryl methyl sites for hydroxylation is 1. The second-order valence-corrected chi connectivity index (χ2v) is 5.49. The second-order valence-electron chi connectivity index (χ2n) is 5.49. The Morgan fingerprint density at radius 3 is 2.70 bits per heavy atom. The van der Waals surface area contributed by atoms with Crippen molar-refractivity contribution in [3.8, 4) is 5.75 Å². The molecule has 0 N–H and O–H groups in total. The smallest absolute Gasteiger partial charge is 0.235 e. The molecule has 0 bridgehead atoms. The molecule has 1 unspecified atom stereocenters. The third kappa shape index (κ3) is 3.29. The summed E-state index contributed by atoms with van der Waals surface area (Å²) in [5.74, 6) is 1.27. The van der Waals surface area contributed by atoms with Crippen LogP contribution in [0.3, 0.4) is 0 Å². The van der Waals surface area contributed by atoms with Gasteiger partial charge in [0.2, 0.25) is 6.08 Å². The van der Waals surface area contributed by atoms with Crippen LogP contribution in [-0.2, 0) is 11.2 Å². The Hall–Kier alpha value is -1.60. The molecule has 0 spiro atoms. The van der Waals surface area contributed by atoms with E-state index < -0.39 is 0 Å². The van der Waals surface area contributed by atoms with Gasteiger partial charge >= 0.3 is 0 Å². The summed E-state index contributed by atoms with van der Waals surface area (Å²) in [5.41, 5.74) is 2.30. The Labute approximate surface area is 121 Å². The predicted molar refractivity (Wildman–Crippen MR) is 79.8 cm³/mol. The standard InChI is InChI=1S/C17H23NO2/c1-3-13-9-10-16(20-2)15(11-13)17(18-12-19)14-7-5-4-6-8-14/h9-11,14,17H,3-8H2,1-2H3. The molecule has 0 radical (unpaired) electrons. The molecular formula is C17H23NO2. The number of benzene rings is 1. The maximum Gasteiger partial charge on any atom is 0.235 e. The van der Waals surface area contributed by atoms with Crippen LogP contribution in [0.5, 0.6) is 5.75 Å². The Morgan fingerprint density at radius 2 is 2.10 bits per heavy atom. The maximum atomic E-state index is 10.9. The first-order valence-corrected chi connectivity index (χ1v) is 7.54. The van der Waals surface area contributed by atoms with Crippen LogP contribution >= 0.6 is 0 Å². The van der Waals surface area contributed by atoms with E-state index in [9.17, 15) is 4.79 Å². The Bertz CT molecular complexity index is 486. The highest BCUT2D eigenvalue weighted by Gasteiger charge is 2.27. The summed E-state index contributed by atoms with van der Waals surface area (Å²) in [6.45, 7) is 2.13. The molecule has 1 aromatic rings. The van der Waals surface area contributed by atoms with Gasteiger partial charge in [0, 0.05) is 5.56 Å². The summed E-state index contributed by atoms with van der Waals surface area (Å²) in [7, 11) is 1.67. The number of isocyanates is 1. The molecule has 0 amide bonds. The van der Waals surface area contributed by atoms with Gasteiger partial charge in [0.15, 0.2) is 0 Å². The zero-order valence-electron chi connectivity index (χ0n) is 12.4. The highest BCUT2D eigenvalue weighted by Crippen LogP contribution is 2.40. The summed E-state index contributed by atoms with van der Waals surface area (Å²) < 4.78 is 5.47. The summed E-state index contributed by atoms with van der Waals surface area (Å²) in [5, 5.41) is 0. The van der Waals surface area contributed by atoms with Crippen LogP contribution in [0.4, 0.5) is 0 Å². The fraction of sp³-hybridized carbons (Fsp3) is 0.588. The second kappa shape index (κ2) is 7.25. The molecule has 1 saturated carbocycles. The van der Waals surface area contributed by atoms with Crippen LogP contribution in [0.1, 0.15) is 56.2 Å². The van der Waals surface area contributed by atoms with Crippen molar-refractivity contribution in [3.05, 3.63) is 29.3 Å². The molecule has 1 atom stereocenters. The molecule has 20 heavy (non-hydrogen) atoms. The van der Waals surface area contributed by atoms with Gasteiger partial charge < -0.3 is 4.74 Å². The number of rotatable bonds is 5. The van der Waals surface area contributed by atoms with Crippen molar-refractivity contribution in [2.75, 3.05) is 7.11 Å². The highest BCUT2D eigenvalue weighted by molar-refractivity contribution is 5.43. The normalized spacial score (nSPS) is 17.3. The summed E-state index contributed by atoms with van der Waals surface area (Å²) in [6, 6.07) is 6.10. The molecule has 2 rings (SSSR count). The van der Waals surface area contributed by atoms with Gasteiger partial charge in [-0.15, -0.1) is 0 Å². The van der Waals surface area contributed by atoms with Gasteiger partial charge in [0.25, 0.3) is 0 Å². The number of nitrogens with zero attached hydrogens (tertiary/aromatic N) is 1. The van der Waals surface area contributed by atoms with E-state index in [1.54, 1.807) is 13.2 Å². The van der Waals surface area contributed by atoms with Gasteiger partial charge in [-0.3, -0.25) is 0 Å². The lowest BCUT2D eigenvalue weighted by Crippen LogP contribution is -2.16.